The third kappa shape index (κ3) is 3.50. The van der Waals surface area contributed by atoms with Crippen molar-refractivity contribution in [3.63, 3.8) is 0 Å². The number of hydrogen-bond donors (Lipinski definition) is 1. The summed E-state index contributed by atoms with van der Waals surface area (Å²) in [6, 6.07) is 9.70. The Kier molecular flexibility index (Phi) is 3.99. The van der Waals surface area contributed by atoms with Gasteiger partial charge >= 0.3 is 0 Å². The summed E-state index contributed by atoms with van der Waals surface area (Å²) in [5.74, 6) is 5.87. The second-order valence-electron chi connectivity index (χ2n) is 4.45. The molecular weight excluding hydrogens is 282 g/mol. The SMILES string of the molecule is O=C(Cc1cn2ccsc2n1)NCC#Cc1ccccc1. The lowest BCUT2D eigenvalue weighted by Gasteiger charge is -1.98. The molecule has 1 aromatic carbocycles. The van der Waals surface area contributed by atoms with Crippen molar-refractivity contribution in [2.75, 3.05) is 6.54 Å². The Balaban J connectivity index is 1.51. The van der Waals surface area contributed by atoms with Crippen LogP contribution in [0.2, 0.25) is 0 Å². The van der Waals surface area contributed by atoms with Crippen LogP contribution in [0.15, 0.2) is 48.1 Å². The predicted molar refractivity (Wildman–Crippen MR) is 83.1 cm³/mol. The van der Waals surface area contributed by atoms with Crippen molar-refractivity contribution in [1.29, 1.82) is 0 Å². The zero-order chi connectivity index (χ0) is 14.5. The third-order valence-electron chi connectivity index (χ3n) is 2.87. The summed E-state index contributed by atoms with van der Waals surface area (Å²) in [5, 5.41) is 4.74. The zero-order valence-corrected chi connectivity index (χ0v) is 12.1. The molecule has 5 heteroatoms. The maximum atomic E-state index is 11.8. The molecule has 0 saturated carbocycles. The van der Waals surface area contributed by atoms with Gasteiger partial charge in [-0.3, -0.25) is 9.20 Å². The second-order valence-corrected chi connectivity index (χ2v) is 5.32. The molecule has 0 bridgehead atoms. The fraction of sp³-hybridized carbons (Fsp3) is 0.125. The number of aromatic nitrogens is 2. The monoisotopic (exact) mass is 295 g/mol. The van der Waals surface area contributed by atoms with Gasteiger partial charge in [0.25, 0.3) is 0 Å². The topological polar surface area (TPSA) is 46.4 Å². The Hall–Kier alpha value is -2.58. The number of amides is 1. The zero-order valence-electron chi connectivity index (χ0n) is 11.2. The lowest BCUT2D eigenvalue weighted by molar-refractivity contribution is -0.120. The third-order valence-corrected chi connectivity index (χ3v) is 3.64. The minimum atomic E-state index is -0.0666. The Morgan fingerprint density at radius 2 is 2.19 bits per heavy atom. The van der Waals surface area contributed by atoms with Gasteiger partial charge in [0.15, 0.2) is 4.96 Å². The van der Waals surface area contributed by atoms with Crippen molar-refractivity contribution >= 4 is 22.2 Å². The second kappa shape index (κ2) is 6.25. The molecule has 3 rings (SSSR count). The van der Waals surface area contributed by atoms with Crippen LogP contribution in [0.4, 0.5) is 0 Å². The van der Waals surface area contributed by atoms with E-state index in [-0.39, 0.29) is 12.3 Å². The Labute approximate surface area is 126 Å². The molecule has 0 atom stereocenters. The standard InChI is InChI=1S/C16H13N3OS/c20-15(11-14-12-19-9-10-21-16(19)18-14)17-8-4-7-13-5-2-1-3-6-13/h1-3,5-6,9-10,12H,8,11H2,(H,17,20). The van der Waals surface area contributed by atoms with Crippen LogP contribution in [0.3, 0.4) is 0 Å². The van der Waals surface area contributed by atoms with Crippen molar-refractivity contribution < 1.29 is 4.79 Å². The number of carbonyl (C=O) groups is 1. The average molecular weight is 295 g/mol. The molecule has 0 aliphatic heterocycles. The maximum Gasteiger partial charge on any atom is 0.226 e. The van der Waals surface area contributed by atoms with Crippen molar-refractivity contribution in [1.82, 2.24) is 14.7 Å². The van der Waals surface area contributed by atoms with E-state index in [0.717, 1.165) is 16.2 Å². The summed E-state index contributed by atoms with van der Waals surface area (Å²) < 4.78 is 1.92. The number of hydrogen-bond acceptors (Lipinski definition) is 3. The van der Waals surface area contributed by atoms with Crippen LogP contribution >= 0.6 is 11.3 Å². The van der Waals surface area contributed by atoms with Crippen LogP contribution in [0.5, 0.6) is 0 Å². The largest absolute Gasteiger partial charge is 0.345 e. The van der Waals surface area contributed by atoms with Crippen molar-refractivity contribution in [2.45, 2.75) is 6.42 Å². The lowest BCUT2D eigenvalue weighted by atomic mass is 10.2. The molecule has 0 aliphatic rings. The lowest BCUT2D eigenvalue weighted by Crippen LogP contribution is -2.25. The first-order chi connectivity index (χ1) is 10.3. The van der Waals surface area contributed by atoms with E-state index in [1.165, 1.54) is 0 Å². The molecule has 2 heterocycles. The summed E-state index contributed by atoms with van der Waals surface area (Å²) in [6.45, 7) is 0.343. The van der Waals surface area contributed by atoms with Gasteiger partial charge in [0.05, 0.1) is 18.7 Å². The van der Waals surface area contributed by atoms with Crippen LogP contribution in [0.1, 0.15) is 11.3 Å². The van der Waals surface area contributed by atoms with Gasteiger partial charge in [0, 0.05) is 23.3 Å². The summed E-state index contributed by atoms with van der Waals surface area (Å²) >= 11 is 1.55. The van der Waals surface area contributed by atoms with Crippen molar-refractivity contribution in [2.24, 2.45) is 0 Å². The molecule has 0 unspecified atom stereocenters. The summed E-state index contributed by atoms with van der Waals surface area (Å²) in [4.78, 5) is 17.1. The molecule has 0 saturated heterocycles. The molecule has 104 valence electrons. The van der Waals surface area contributed by atoms with E-state index >= 15 is 0 Å². The number of nitrogens with zero attached hydrogens (tertiary/aromatic N) is 2. The van der Waals surface area contributed by atoms with Gasteiger partial charge in [-0.2, -0.15) is 0 Å². The van der Waals surface area contributed by atoms with Gasteiger partial charge in [-0.25, -0.2) is 4.98 Å². The van der Waals surface area contributed by atoms with E-state index in [9.17, 15) is 4.79 Å². The number of imidazole rings is 1. The van der Waals surface area contributed by atoms with Crippen molar-refractivity contribution in [3.8, 4) is 11.8 Å². The molecule has 1 amide bonds. The molecule has 3 aromatic rings. The van der Waals surface area contributed by atoms with E-state index in [4.69, 9.17) is 0 Å². The summed E-state index contributed by atoms with van der Waals surface area (Å²) in [7, 11) is 0. The molecule has 0 aliphatic carbocycles. The quantitative estimate of drug-likeness (QED) is 0.752. The predicted octanol–water partition coefficient (Wildman–Crippen LogP) is 2.11. The number of rotatable bonds is 3. The van der Waals surface area contributed by atoms with Crippen molar-refractivity contribution in [3.05, 3.63) is 59.4 Å². The molecule has 0 radical (unpaired) electrons. The molecule has 1 N–H and O–H groups in total. The normalized spacial score (nSPS) is 10.1. The summed E-state index contributed by atoms with van der Waals surface area (Å²) in [6.07, 6.45) is 4.09. The number of fused-ring (bicyclic) bond motifs is 1. The highest BCUT2D eigenvalue weighted by Crippen LogP contribution is 2.11. The fourth-order valence-electron chi connectivity index (χ4n) is 1.90. The van der Waals surface area contributed by atoms with E-state index in [1.807, 2.05) is 52.5 Å². The minimum absolute atomic E-state index is 0.0666. The molecule has 2 aromatic heterocycles. The van der Waals surface area contributed by atoms with E-state index in [0.29, 0.717) is 6.54 Å². The Morgan fingerprint density at radius 3 is 3.00 bits per heavy atom. The highest BCUT2D eigenvalue weighted by Gasteiger charge is 2.07. The average Bonchev–Trinajstić information content (AvgIpc) is 3.06. The number of benzene rings is 1. The number of thiazole rings is 1. The molecular formula is C16H13N3OS. The highest BCUT2D eigenvalue weighted by atomic mass is 32.1. The molecule has 4 nitrogen and oxygen atoms in total. The first-order valence-corrected chi connectivity index (χ1v) is 7.41. The van der Waals surface area contributed by atoms with E-state index < -0.39 is 0 Å². The van der Waals surface area contributed by atoms with Gasteiger partial charge < -0.3 is 5.32 Å². The smallest absolute Gasteiger partial charge is 0.226 e. The van der Waals surface area contributed by atoms with Crippen LogP contribution in [-0.4, -0.2) is 21.8 Å². The van der Waals surface area contributed by atoms with Crippen LogP contribution in [-0.2, 0) is 11.2 Å². The van der Waals surface area contributed by atoms with Crippen LogP contribution < -0.4 is 5.32 Å². The van der Waals surface area contributed by atoms with Gasteiger partial charge in [0.1, 0.15) is 0 Å². The van der Waals surface area contributed by atoms with E-state index in [2.05, 4.69) is 22.1 Å². The number of carbonyl (C=O) groups excluding carboxylic acids is 1. The first-order valence-electron chi connectivity index (χ1n) is 6.53. The first kappa shape index (κ1) is 13.4. The highest BCUT2D eigenvalue weighted by molar-refractivity contribution is 7.15. The maximum absolute atomic E-state index is 11.8. The molecule has 0 fully saturated rings. The Morgan fingerprint density at radius 1 is 1.33 bits per heavy atom. The van der Waals surface area contributed by atoms with Crippen LogP contribution in [0, 0.1) is 11.8 Å². The Bertz CT molecular complexity index is 780. The summed E-state index contributed by atoms with van der Waals surface area (Å²) in [5.41, 5.74) is 1.72. The van der Waals surface area contributed by atoms with Gasteiger partial charge in [0.2, 0.25) is 5.91 Å². The van der Waals surface area contributed by atoms with Gasteiger partial charge in [-0.05, 0) is 12.1 Å². The fourth-order valence-corrected chi connectivity index (χ4v) is 2.62. The number of nitrogens with one attached hydrogen (secondary N) is 1. The minimum Gasteiger partial charge on any atom is -0.345 e. The molecule has 0 spiro atoms. The van der Waals surface area contributed by atoms with Crippen LogP contribution in [0.25, 0.3) is 4.96 Å². The molecule has 21 heavy (non-hydrogen) atoms. The van der Waals surface area contributed by atoms with Gasteiger partial charge in [-0.15, -0.1) is 11.3 Å². The van der Waals surface area contributed by atoms with E-state index in [1.54, 1.807) is 11.3 Å². The van der Waals surface area contributed by atoms with Gasteiger partial charge in [-0.1, -0.05) is 30.0 Å².